The van der Waals surface area contributed by atoms with Crippen LogP contribution in [0.25, 0.3) is 0 Å². The van der Waals surface area contributed by atoms with Crippen molar-refractivity contribution in [1.82, 2.24) is 0 Å². The molecule has 1 heterocycles. The van der Waals surface area contributed by atoms with Gasteiger partial charge in [-0.15, -0.1) is 0 Å². The summed E-state index contributed by atoms with van der Waals surface area (Å²) in [6, 6.07) is 4.84. The number of nitrogens with zero attached hydrogens (tertiary/aromatic N) is 1. The van der Waals surface area contributed by atoms with Gasteiger partial charge in [0.1, 0.15) is 5.82 Å². The molecule has 1 aromatic rings. The van der Waals surface area contributed by atoms with Crippen LogP contribution in [0.3, 0.4) is 0 Å². The molecule has 0 radical (unpaired) electrons. The molecule has 0 N–H and O–H groups in total. The Labute approximate surface area is 81.2 Å². The van der Waals surface area contributed by atoms with Crippen molar-refractivity contribution in [2.24, 2.45) is 4.99 Å². The van der Waals surface area contributed by atoms with Gasteiger partial charge >= 0.3 is 0 Å². The Morgan fingerprint density at radius 3 is 2.85 bits per heavy atom. The van der Waals surface area contributed by atoms with Gasteiger partial charge in [-0.1, -0.05) is 17.7 Å². The zero-order chi connectivity index (χ0) is 9.26. The number of halogens is 2. The molecule has 0 bridgehead atoms. The lowest BCUT2D eigenvalue weighted by atomic mass is 10.1. The Balaban J connectivity index is 2.36. The molecule has 3 heteroatoms. The van der Waals surface area contributed by atoms with Crippen molar-refractivity contribution in [1.29, 1.82) is 0 Å². The number of benzene rings is 1. The molecule has 2 rings (SSSR count). The maximum atomic E-state index is 13.0. The van der Waals surface area contributed by atoms with E-state index in [4.69, 9.17) is 11.6 Å². The summed E-state index contributed by atoms with van der Waals surface area (Å²) in [6.45, 7) is 0.861. The van der Waals surface area contributed by atoms with Gasteiger partial charge in [0.25, 0.3) is 0 Å². The van der Waals surface area contributed by atoms with Crippen LogP contribution in [0.2, 0.25) is 5.02 Å². The molecule has 0 saturated heterocycles. The number of hydrogen-bond donors (Lipinski definition) is 0. The third kappa shape index (κ3) is 1.73. The first-order valence-corrected chi connectivity index (χ1v) is 4.64. The summed E-state index contributed by atoms with van der Waals surface area (Å²) in [7, 11) is 0. The van der Waals surface area contributed by atoms with Crippen molar-refractivity contribution in [3.05, 3.63) is 34.6 Å². The highest BCUT2D eigenvalue weighted by Crippen LogP contribution is 2.19. The van der Waals surface area contributed by atoms with Crippen molar-refractivity contribution in [2.45, 2.75) is 12.8 Å². The highest BCUT2D eigenvalue weighted by molar-refractivity contribution is 6.30. The third-order valence-electron chi connectivity index (χ3n) is 2.13. The van der Waals surface area contributed by atoms with E-state index in [1.165, 1.54) is 6.07 Å². The van der Waals surface area contributed by atoms with Crippen LogP contribution >= 0.6 is 11.6 Å². The van der Waals surface area contributed by atoms with Crippen molar-refractivity contribution in [2.75, 3.05) is 6.54 Å². The second-order valence-electron chi connectivity index (χ2n) is 3.06. The summed E-state index contributed by atoms with van der Waals surface area (Å²) in [5, 5.41) is 0.169. The molecule has 0 aliphatic carbocycles. The quantitative estimate of drug-likeness (QED) is 0.656. The molecule has 0 aromatic heterocycles. The molecular weight excluding hydrogens is 189 g/mol. The Morgan fingerprint density at radius 2 is 2.23 bits per heavy atom. The minimum atomic E-state index is -0.367. The van der Waals surface area contributed by atoms with Crippen LogP contribution in [-0.2, 0) is 0 Å². The Kier molecular flexibility index (Phi) is 2.32. The molecular formula is C10H9ClFN. The molecule has 0 unspecified atom stereocenters. The van der Waals surface area contributed by atoms with Crippen molar-refractivity contribution >= 4 is 17.3 Å². The molecule has 68 valence electrons. The van der Waals surface area contributed by atoms with Crippen LogP contribution in [0.15, 0.2) is 23.2 Å². The Morgan fingerprint density at radius 1 is 1.38 bits per heavy atom. The SMILES string of the molecule is Fc1cc(C2=NCCC2)ccc1Cl. The zero-order valence-electron chi connectivity index (χ0n) is 7.06. The van der Waals surface area contributed by atoms with Crippen LogP contribution in [-0.4, -0.2) is 12.3 Å². The fourth-order valence-electron chi connectivity index (χ4n) is 1.45. The summed E-state index contributed by atoms with van der Waals surface area (Å²) < 4.78 is 13.0. The lowest BCUT2D eigenvalue weighted by Crippen LogP contribution is -1.96. The third-order valence-corrected chi connectivity index (χ3v) is 2.43. The molecule has 1 aliphatic heterocycles. The average molecular weight is 198 g/mol. The molecule has 0 saturated carbocycles. The van der Waals surface area contributed by atoms with Crippen molar-refractivity contribution in [3.8, 4) is 0 Å². The maximum Gasteiger partial charge on any atom is 0.142 e. The summed E-state index contributed by atoms with van der Waals surface area (Å²) >= 11 is 5.57. The molecule has 13 heavy (non-hydrogen) atoms. The monoisotopic (exact) mass is 197 g/mol. The van der Waals surface area contributed by atoms with Crippen LogP contribution in [0, 0.1) is 5.82 Å². The van der Waals surface area contributed by atoms with Gasteiger partial charge in [-0.2, -0.15) is 0 Å². The van der Waals surface area contributed by atoms with E-state index in [0.717, 1.165) is 30.7 Å². The highest BCUT2D eigenvalue weighted by Gasteiger charge is 2.10. The fourth-order valence-corrected chi connectivity index (χ4v) is 1.57. The van der Waals surface area contributed by atoms with E-state index in [1.54, 1.807) is 6.07 Å². The topological polar surface area (TPSA) is 12.4 Å². The van der Waals surface area contributed by atoms with Crippen molar-refractivity contribution < 1.29 is 4.39 Å². The van der Waals surface area contributed by atoms with E-state index in [0.29, 0.717) is 0 Å². The Hall–Kier alpha value is -0.890. The number of aliphatic imine (C=N–C) groups is 1. The molecule has 0 spiro atoms. The first-order valence-electron chi connectivity index (χ1n) is 4.26. The Bertz CT molecular complexity index is 360. The molecule has 0 fully saturated rings. The lowest BCUT2D eigenvalue weighted by molar-refractivity contribution is 0.628. The van der Waals surface area contributed by atoms with E-state index in [9.17, 15) is 4.39 Å². The molecule has 1 nitrogen and oxygen atoms in total. The summed E-state index contributed by atoms with van der Waals surface area (Å²) in [5.74, 6) is -0.367. The van der Waals surface area contributed by atoms with Gasteiger partial charge in [0.15, 0.2) is 0 Å². The predicted octanol–water partition coefficient (Wildman–Crippen LogP) is 3.06. The van der Waals surface area contributed by atoms with Crippen LogP contribution in [0.5, 0.6) is 0 Å². The molecule has 0 amide bonds. The van der Waals surface area contributed by atoms with Gasteiger partial charge < -0.3 is 0 Å². The highest BCUT2D eigenvalue weighted by atomic mass is 35.5. The van der Waals surface area contributed by atoms with Gasteiger partial charge in [-0.25, -0.2) is 4.39 Å². The maximum absolute atomic E-state index is 13.0. The average Bonchev–Trinajstić information content (AvgIpc) is 2.62. The summed E-state index contributed by atoms with van der Waals surface area (Å²) in [6.07, 6.45) is 2.01. The van der Waals surface area contributed by atoms with Crippen molar-refractivity contribution in [3.63, 3.8) is 0 Å². The normalized spacial score (nSPS) is 16.0. The first kappa shape index (κ1) is 8.70. The van der Waals surface area contributed by atoms with Crippen LogP contribution in [0.4, 0.5) is 4.39 Å². The van der Waals surface area contributed by atoms with Gasteiger partial charge in [0.2, 0.25) is 0 Å². The second kappa shape index (κ2) is 3.46. The smallest absolute Gasteiger partial charge is 0.142 e. The van der Waals surface area contributed by atoms with Crippen LogP contribution < -0.4 is 0 Å². The van der Waals surface area contributed by atoms with Gasteiger partial charge in [0.05, 0.1) is 5.02 Å². The number of hydrogen-bond acceptors (Lipinski definition) is 1. The predicted molar refractivity (Wildman–Crippen MR) is 52.0 cm³/mol. The molecule has 1 aliphatic rings. The fraction of sp³-hybridized carbons (Fsp3) is 0.300. The minimum absolute atomic E-state index is 0.169. The number of rotatable bonds is 1. The van der Waals surface area contributed by atoms with Gasteiger partial charge in [0, 0.05) is 12.3 Å². The van der Waals surface area contributed by atoms with E-state index in [2.05, 4.69) is 4.99 Å². The molecule has 0 atom stereocenters. The zero-order valence-corrected chi connectivity index (χ0v) is 7.81. The van der Waals surface area contributed by atoms with E-state index in [1.807, 2.05) is 6.07 Å². The lowest BCUT2D eigenvalue weighted by Gasteiger charge is -2.00. The van der Waals surface area contributed by atoms with E-state index < -0.39 is 0 Å². The second-order valence-corrected chi connectivity index (χ2v) is 3.47. The standard InChI is InChI=1S/C10H9ClFN/c11-8-4-3-7(6-9(8)12)10-2-1-5-13-10/h3-4,6H,1-2,5H2. The van der Waals surface area contributed by atoms with Gasteiger partial charge in [-0.05, 0) is 30.5 Å². The first-order chi connectivity index (χ1) is 6.27. The summed E-state index contributed by atoms with van der Waals surface area (Å²) in [4.78, 5) is 4.28. The molecule has 1 aromatic carbocycles. The van der Waals surface area contributed by atoms with E-state index in [-0.39, 0.29) is 10.8 Å². The van der Waals surface area contributed by atoms with Gasteiger partial charge in [-0.3, -0.25) is 4.99 Å². The van der Waals surface area contributed by atoms with E-state index >= 15 is 0 Å². The van der Waals surface area contributed by atoms with Crippen LogP contribution in [0.1, 0.15) is 18.4 Å². The summed E-state index contributed by atoms with van der Waals surface area (Å²) in [5.41, 5.74) is 1.86. The minimum Gasteiger partial charge on any atom is -0.289 e. The largest absolute Gasteiger partial charge is 0.289 e.